The summed E-state index contributed by atoms with van der Waals surface area (Å²) in [5, 5.41) is 11.5. The van der Waals surface area contributed by atoms with Gasteiger partial charge < -0.3 is 10.1 Å². The quantitative estimate of drug-likeness (QED) is 0.546. The fraction of sp³-hybridized carbons (Fsp3) is 0. The van der Waals surface area contributed by atoms with Crippen LogP contribution in [0, 0.1) is 0 Å². The molecule has 4 aromatic rings. The maximum atomic E-state index is 12.2. The zero-order valence-electron chi connectivity index (χ0n) is 14.5. The largest absolute Gasteiger partial charge is 0.438 e. The first-order chi connectivity index (χ1) is 13.7. The van der Waals surface area contributed by atoms with Crippen LogP contribution in [0.4, 0.5) is 5.69 Å². The Morgan fingerprint density at radius 2 is 1.89 bits per heavy atom. The number of halogens is 1. The van der Waals surface area contributed by atoms with Crippen molar-refractivity contribution in [2.75, 3.05) is 5.32 Å². The Morgan fingerprint density at radius 3 is 2.57 bits per heavy atom. The Balaban J connectivity index is 1.40. The molecule has 0 saturated heterocycles. The van der Waals surface area contributed by atoms with Crippen LogP contribution in [0.2, 0.25) is 5.02 Å². The van der Waals surface area contributed by atoms with Gasteiger partial charge in [0.15, 0.2) is 5.82 Å². The summed E-state index contributed by atoms with van der Waals surface area (Å²) in [5.41, 5.74) is 1.12. The first kappa shape index (κ1) is 17.7. The van der Waals surface area contributed by atoms with E-state index in [0.717, 1.165) is 0 Å². The molecule has 0 saturated carbocycles. The average molecular weight is 392 g/mol. The van der Waals surface area contributed by atoms with Crippen LogP contribution in [0.3, 0.4) is 0 Å². The van der Waals surface area contributed by atoms with Crippen molar-refractivity contribution >= 4 is 23.2 Å². The molecular formula is C20H14ClN5O2. The molecule has 1 N–H and O–H groups in total. The van der Waals surface area contributed by atoms with E-state index in [9.17, 15) is 4.79 Å². The summed E-state index contributed by atoms with van der Waals surface area (Å²) in [5.74, 6) is 1.34. The highest BCUT2D eigenvalue weighted by molar-refractivity contribution is 6.31. The molecule has 28 heavy (non-hydrogen) atoms. The fourth-order valence-electron chi connectivity index (χ4n) is 2.46. The molecule has 0 radical (unpaired) electrons. The van der Waals surface area contributed by atoms with Gasteiger partial charge in [0.1, 0.15) is 12.1 Å². The van der Waals surface area contributed by atoms with Crippen LogP contribution in [0.5, 0.6) is 11.6 Å². The molecule has 1 amide bonds. The van der Waals surface area contributed by atoms with Crippen LogP contribution < -0.4 is 10.1 Å². The molecule has 0 aliphatic rings. The van der Waals surface area contributed by atoms with Crippen LogP contribution in [0.1, 0.15) is 10.4 Å². The van der Waals surface area contributed by atoms with Crippen molar-refractivity contribution in [1.82, 2.24) is 19.7 Å². The van der Waals surface area contributed by atoms with E-state index >= 15 is 0 Å². The summed E-state index contributed by atoms with van der Waals surface area (Å²) in [6, 6.07) is 17.2. The Kier molecular flexibility index (Phi) is 4.99. The number of carbonyl (C=O) groups is 1. The molecular weight excluding hydrogens is 378 g/mol. The highest BCUT2D eigenvalue weighted by Gasteiger charge is 2.07. The molecule has 0 bridgehead atoms. The van der Waals surface area contributed by atoms with Crippen LogP contribution >= 0.6 is 11.6 Å². The Hall–Kier alpha value is -3.71. The van der Waals surface area contributed by atoms with Crippen LogP contribution in [-0.2, 0) is 0 Å². The number of nitrogens with zero attached hydrogens (tertiary/aromatic N) is 4. The van der Waals surface area contributed by atoms with Gasteiger partial charge in [0.05, 0.1) is 0 Å². The lowest BCUT2D eigenvalue weighted by Gasteiger charge is -2.08. The lowest BCUT2D eigenvalue weighted by Crippen LogP contribution is -2.11. The number of ether oxygens (including phenoxy) is 1. The molecule has 4 rings (SSSR count). The maximum absolute atomic E-state index is 12.2. The van der Waals surface area contributed by atoms with Crippen molar-refractivity contribution in [2.45, 2.75) is 0 Å². The molecule has 2 aromatic carbocycles. The summed E-state index contributed by atoms with van der Waals surface area (Å²) >= 11 is 5.92. The van der Waals surface area contributed by atoms with Gasteiger partial charge >= 0.3 is 0 Å². The Labute approximate surface area is 165 Å². The van der Waals surface area contributed by atoms with E-state index in [1.807, 2.05) is 0 Å². The molecule has 0 spiro atoms. The summed E-state index contributed by atoms with van der Waals surface area (Å²) in [7, 11) is 0. The molecule has 2 heterocycles. The predicted molar refractivity (Wildman–Crippen MR) is 105 cm³/mol. The SMILES string of the molecule is O=C(Nc1ccc(Oc2ccc(-n3ccnc3)nn2)cc1)c1cccc(Cl)c1. The lowest BCUT2D eigenvalue weighted by atomic mass is 10.2. The van der Waals surface area contributed by atoms with Crippen molar-refractivity contribution in [2.24, 2.45) is 0 Å². The molecule has 0 unspecified atom stereocenters. The minimum Gasteiger partial charge on any atom is -0.438 e. The van der Waals surface area contributed by atoms with E-state index in [4.69, 9.17) is 16.3 Å². The zero-order chi connectivity index (χ0) is 19.3. The van der Waals surface area contributed by atoms with Crippen molar-refractivity contribution < 1.29 is 9.53 Å². The Bertz CT molecular complexity index is 1080. The maximum Gasteiger partial charge on any atom is 0.255 e. The molecule has 138 valence electrons. The van der Waals surface area contributed by atoms with E-state index in [-0.39, 0.29) is 5.91 Å². The number of nitrogens with one attached hydrogen (secondary N) is 1. The Morgan fingerprint density at radius 1 is 1.04 bits per heavy atom. The summed E-state index contributed by atoms with van der Waals surface area (Å²) in [6.07, 6.45) is 5.08. The van der Waals surface area contributed by atoms with Crippen LogP contribution in [0.25, 0.3) is 5.82 Å². The van der Waals surface area contributed by atoms with E-state index in [2.05, 4.69) is 20.5 Å². The number of aromatic nitrogens is 4. The monoisotopic (exact) mass is 391 g/mol. The van der Waals surface area contributed by atoms with E-state index in [1.165, 1.54) is 0 Å². The van der Waals surface area contributed by atoms with Gasteiger partial charge in [-0.2, -0.15) is 0 Å². The van der Waals surface area contributed by atoms with Gasteiger partial charge in [-0.1, -0.05) is 17.7 Å². The predicted octanol–water partition coefficient (Wildman–Crippen LogP) is 4.36. The van der Waals surface area contributed by atoms with E-state index in [0.29, 0.717) is 33.7 Å². The van der Waals surface area contributed by atoms with Crippen LogP contribution in [0.15, 0.2) is 79.4 Å². The molecule has 0 aliphatic carbocycles. The third kappa shape index (κ3) is 4.16. The summed E-state index contributed by atoms with van der Waals surface area (Å²) in [6.45, 7) is 0. The number of rotatable bonds is 5. The number of imidazole rings is 1. The van der Waals surface area contributed by atoms with Gasteiger partial charge in [-0.3, -0.25) is 9.36 Å². The highest BCUT2D eigenvalue weighted by atomic mass is 35.5. The average Bonchev–Trinajstić information content (AvgIpc) is 3.25. The van der Waals surface area contributed by atoms with Gasteiger partial charge in [-0.25, -0.2) is 4.98 Å². The second kappa shape index (κ2) is 7.89. The van der Waals surface area contributed by atoms with Gasteiger partial charge in [-0.05, 0) is 48.5 Å². The fourth-order valence-corrected chi connectivity index (χ4v) is 2.65. The molecule has 0 atom stereocenters. The minimum atomic E-state index is -0.239. The number of benzene rings is 2. The molecule has 2 aromatic heterocycles. The smallest absolute Gasteiger partial charge is 0.255 e. The molecule has 7 nitrogen and oxygen atoms in total. The van der Waals surface area contributed by atoms with Crippen LogP contribution in [-0.4, -0.2) is 25.7 Å². The van der Waals surface area contributed by atoms with Gasteiger partial charge in [0.25, 0.3) is 5.91 Å². The molecule has 8 heteroatoms. The number of carbonyl (C=O) groups excluding carboxylic acids is 1. The van der Waals surface area contributed by atoms with Crippen molar-refractivity contribution in [3.8, 4) is 17.4 Å². The first-order valence-corrected chi connectivity index (χ1v) is 8.72. The second-order valence-corrected chi connectivity index (χ2v) is 6.23. The summed E-state index contributed by atoms with van der Waals surface area (Å²) < 4.78 is 7.43. The van der Waals surface area contributed by atoms with Gasteiger partial charge in [0, 0.05) is 34.7 Å². The topological polar surface area (TPSA) is 81.9 Å². The zero-order valence-corrected chi connectivity index (χ0v) is 15.2. The van der Waals surface area contributed by atoms with E-state index < -0.39 is 0 Å². The number of anilines is 1. The highest BCUT2D eigenvalue weighted by Crippen LogP contribution is 2.22. The van der Waals surface area contributed by atoms with Crippen molar-refractivity contribution in [3.05, 3.63) is 90.0 Å². The standard InChI is InChI=1S/C20H14ClN5O2/c21-15-3-1-2-14(12-15)20(27)23-16-4-6-17(7-5-16)28-19-9-8-18(24-25-19)26-11-10-22-13-26/h1-13H,(H,23,27). The number of hydrogen-bond acceptors (Lipinski definition) is 5. The second-order valence-electron chi connectivity index (χ2n) is 5.79. The minimum absolute atomic E-state index is 0.239. The normalized spacial score (nSPS) is 10.5. The van der Waals surface area contributed by atoms with Gasteiger partial charge in [0.2, 0.25) is 5.88 Å². The summed E-state index contributed by atoms with van der Waals surface area (Å²) in [4.78, 5) is 16.2. The third-order valence-electron chi connectivity index (χ3n) is 3.82. The molecule has 0 fully saturated rings. The molecule has 0 aliphatic heterocycles. The number of hydrogen-bond donors (Lipinski definition) is 1. The number of amides is 1. The lowest BCUT2D eigenvalue weighted by molar-refractivity contribution is 0.102. The van der Waals surface area contributed by atoms with Crippen molar-refractivity contribution in [3.63, 3.8) is 0 Å². The third-order valence-corrected chi connectivity index (χ3v) is 4.05. The first-order valence-electron chi connectivity index (χ1n) is 8.34. The van der Waals surface area contributed by atoms with E-state index in [1.54, 1.807) is 84.0 Å². The van der Waals surface area contributed by atoms with Gasteiger partial charge in [-0.15, -0.1) is 10.2 Å². The van der Waals surface area contributed by atoms with Crippen molar-refractivity contribution in [1.29, 1.82) is 0 Å².